The van der Waals surface area contributed by atoms with Gasteiger partial charge in [0, 0.05) is 10.9 Å². The highest BCUT2D eigenvalue weighted by molar-refractivity contribution is 6.06. The van der Waals surface area contributed by atoms with Crippen LogP contribution in [0.5, 0.6) is 0 Å². The summed E-state index contributed by atoms with van der Waals surface area (Å²) in [4.78, 5) is 29.3. The van der Waals surface area contributed by atoms with Crippen LogP contribution in [0.4, 0.5) is 5.82 Å². The average Bonchev–Trinajstić information content (AvgIpc) is 2.61. The van der Waals surface area contributed by atoms with Crippen molar-refractivity contribution in [1.29, 1.82) is 0 Å². The Morgan fingerprint density at radius 1 is 1.04 bits per heavy atom. The van der Waals surface area contributed by atoms with Crippen molar-refractivity contribution in [3.8, 4) is 0 Å². The van der Waals surface area contributed by atoms with Crippen molar-refractivity contribution in [2.45, 2.75) is 13.8 Å². The van der Waals surface area contributed by atoms with E-state index in [9.17, 15) is 9.59 Å². The van der Waals surface area contributed by atoms with Gasteiger partial charge in [0.1, 0.15) is 11.4 Å². The zero-order valence-electron chi connectivity index (χ0n) is 14.4. The third kappa shape index (κ3) is 2.73. The van der Waals surface area contributed by atoms with Crippen LogP contribution in [0.3, 0.4) is 0 Å². The number of nitrogens with zero attached hydrogens (tertiary/aromatic N) is 1. The lowest BCUT2D eigenvalue weighted by molar-refractivity contribution is 0.102. The summed E-state index contributed by atoms with van der Waals surface area (Å²) >= 11 is 0. The van der Waals surface area contributed by atoms with Gasteiger partial charge in [0.2, 0.25) is 0 Å². The van der Waals surface area contributed by atoms with Crippen LogP contribution in [0.25, 0.3) is 21.9 Å². The van der Waals surface area contributed by atoms with E-state index >= 15 is 0 Å². The van der Waals surface area contributed by atoms with Crippen LogP contribution in [0, 0.1) is 13.8 Å². The van der Waals surface area contributed by atoms with Crippen molar-refractivity contribution in [2.24, 2.45) is 0 Å². The SMILES string of the molecule is Cc1cccc(C(=O)Nc2cc(C)c3c(=O)oc4ccccc4c3n2)c1. The lowest BCUT2D eigenvalue weighted by Gasteiger charge is -2.09. The molecule has 2 aromatic carbocycles. The van der Waals surface area contributed by atoms with E-state index in [1.807, 2.05) is 37.3 Å². The molecule has 5 nitrogen and oxygen atoms in total. The fourth-order valence-electron chi connectivity index (χ4n) is 3.07. The van der Waals surface area contributed by atoms with Gasteiger partial charge in [-0.05, 0) is 49.7 Å². The van der Waals surface area contributed by atoms with E-state index < -0.39 is 5.63 Å². The van der Waals surface area contributed by atoms with Crippen molar-refractivity contribution >= 4 is 33.6 Å². The third-order valence-electron chi connectivity index (χ3n) is 4.29. The van der Waals surface area contributed by atoms with Gasteiger partial charge in [-0.25, -0.2) is 9.78 Å². The number of hydrogen-bond acceptors (Lipinski definition) is 4. The minimum Gasteiger partial charge on any atom is -0.422 e. The average molecular weight is 344 g/mol. The fourth-order valence-corrected chi connectivity index (χ4v) is 3.07. The topological polar surface area (TPSA) is 72.2 Å². The van der Waals surface area contributed by atoms with Gasteiger partial charge in [0.05, 0.1) is 10.9 Å². The number of para-hydroxylation sites is 1. The van der Waals surface area contributed by atoms with Crippen LogP contribution < -0.4 is 10.9 Å². The summed E-state index contributed by atoms with van der Waals surface area (Å²) in [5, 5.41) is 3.98. The van der Waals surface area contributed by atoms with Gasteiger partial charge in [0.15, 0.2) is 0 Å². The van der Waals surface area contributed by atoms with E-state index in [2.05, 4.69) is 10.3 Å². The number of pyridine rings is 1. The summed E-state index contributed by atoms with van der Waals surface area (Å²) in [5.41, 5.74) is 2.83. The van der Waals surface area contributed by atoms with E-state index in [0.29, 0.717) is 33.4 Å². The normalized spacial score (nSPS) is 11.0. The smallest absolute Gasteiger partial charge is 0.346 e. The van der Waals surface area contributed by atoms with Gasteiger partial charge in [-0.2, -0.15) is 0 Å². The molecule has 128 valence electrons. The van der Waals surface area contributed by atoms with Crippen LogP contribution in [-0.2, 0) is 0 Å². The molecule has 2 heterocycles. The number of aromatic nitrogens is 1. The minimum absolute atomic E-state index is 0.243. The number of rotatable bonds is 2. The fraction of sp³-hybridized carbons (Fsp3) is 0.0952. The number of aryl methyl sites for hydroxylation is 2. The molecule has 0 unspecified atom stereocenters. The Hall–Kier alpha value is -3.47. The van der Waals surface area contributed by atoms with Gasteiger partial charge < -0.3 is 9.73 Å². The molecule has 0 radical (unpaired) electrons. The number of nitrogens with one attached hydrogen (secondary N) is 1. The van der Waals surface area contributed by atoms with Crippen molar-refractivity contribution < 1.29 is 9.21 Å². The van der Waals surface area contributed by atoms with E-state index in [4.69, 9.17) is 4.42 Å². The lowest BCUT2D eigenvalue weighted by Crippen LogP contribution is -2.14. The Morgan fingerprint density at radius 3 is 2.65 bits per heavy atom. The molecule has 0 fully saturated rings. The predicted octanol–water partition coefficient (Wildman–Crippen LogP) is 4.21. The predicted molar refractivity (Wildman–Crippen MR) is 102 cm³/mol. The Bertz CT molecular complexity index is 1230. The third-order valence-corrected chi connectivity index (χ3v) is 4.29. The van der Waals surface area contributed by atoms with Crippen molar-refractivity contribution in [3.63, 3.8) is 0 Å². The Morgan fingerprint density at radius 2 is 1.85 bits per heavy atom. The van der Waals surface area contributed by atoms with E-state index in [1.54, 1.807) is 31.2 Å². The van der Waals surface area contributed by atoms with E-state index in [0.717, 1.165) is 10.9 Å². The van der Waals surface area contributed by atoms with Crippen LogP contribution in [0.15, 0.2) is 63.8 Å². The summed E-state index contributed by atoms with van der Waals surface area (Å²) in [6.45, 7) is 3.73. The van der Waals surface area contributed by atoms with Gasteiger partial charge in [-0.3, -0.25) is 4.79 Å². The first-order valence-electron chi connectivity index (χ1n) is 8.24. The lowest BCUT2D eigenvalue weighted by atomic mass is 10.1. The molecular formula is C21H16N2O3. The maximum Gasteiger partial charge on any atom is 0.346 e. The zero-order chi connectivity index (χ0) is 18.3. The number of hydrogen-bond donors (Lipinski definition) is 1. The largest absolute Gasteiger partial charge is 0.422 e. The molecule has 0 aliphatic carbocycles. The molecule has 0 aliphatic rings. The number of carbonyl (C=O) groups excluding carboxylic acids is 1. The number of fused-ring (bicyclic) bond motifs is 3. The molecule has 0 aliphatic heterocycles. The Balaban J connectivity index is 1.85. The van der Waals surface area contributed by atoms with Gasteiger partial charge >= 0.3 is 5.63 Å². The summed E-state index contributed by atoms with van der Waals surface area (Å²) in [5.74, 6) is 0.157. The number of anilines is 1. The molecule has 4 aromatic rings. The van der Waals surface area contributed by atoms with Crippen molar-refractivity contribution in [3.05, 3.63) is 81.7 Å². The van der Waals surface area contributed by atoms with Crippen molar-refractivity contribution in [2.75, 3.05) is 5.32 Å². The molecular weight excluding hydrogens is 328 g/mol. The monoisotopic (exact) mass is 344 g/mol. The van der Waals surface area contributed by atoms with Crippen LogP contribution in [0.2, 0.25) is 0 Å². The molecule has 0 atom stereocenters. The van der Waals surface area contributed by atoms with E-state index in [-0.39, 0.29) is 5.91 Å². The maximum atomic E-state index is 12.5. The van der Waals surface area contributed by atoms with Crippen LogP contribution in [-0.4, -0.2) is 10.9 Å². The second-order valence-electron chi connectivity index (χ2n) is 6.26. The van der Waals surface area contributed by atoms with E-state index in [1.165, 1.54) is 0 Å². The molecule has 26 heavy (non-hydrogen) atoms. The molecule has 0 saturated carbocycles. The van der Waals surface area contributed by atoms with Gasteiger partial charge in [-0.15, -0.1) is 0 Å². The first kappa shape index (κ1) is 16.0. The van der Waals surface area contributed by atoms with Gasteiger partial charge in [-0.1, -0.05) is 29.8 Å². The van der Waals surface area contributed by atoms with Gasteiger partial charge in [0.25, 0.3) is 5.91 Å². The molecule has 1 amide bonds. The van der Waals surface area contributed by atoms with Crippen LogP contribution in [0.1, 0.15) is 21.5 Å². The second-order valence-corrected chi connectivity index (χ2v) is 6.26. The summed E-state index contributed by atoms with van der Waals surface area (Å²) in [6.07, 6.45) is 0. The first-order valence-corrected chi connectivity index (χ1v) is 8.24. The Labute approximate surface area is 149 Å². The maximum absolute atomic E-state index is 12.5. The van der Waals surface area contributed by atoms with Crippen molar-refractivity contribution in [1.82, 2.24) is 4.98 Å². The number of amides is 1. The second kappa shape index (κ2) is 6.11. The zero-order valence-corrected chi connectivity index (χ0v) is 14.4. The summed E-state index contributed by atoms with van der Waals surface area (Å²) in [6, 6.07) is 16.2. The highest BCUT2D eigenvalue weighted by Gasteiger charge is 2.14. The molecule has 0 spiro atoms. The highest BCUT2D eigenvalue weighted by atomic mass is 16.4. The first-order chi connectivity index (χ1) is 12.5. The number of benzene rings is 2. The number of carbonyl (C=O) groups is 1. The molecule has 0 bridgehead atoms. The molecule has 2 aromatic heterocycles. The molecule has 1 N–H and O–H groups in total. The quantitative estimate of drug-likeness (QED) is 0.437. The van der Waals surface area contributed by atoms with Crippen LogP contribution >= 0.6 is 0 Å². The Kier molecular flexibility index (Phi) is 3.77. The highest BCUT2D eigenvalue weighted by Crippen LogP contribution is 2.25. The summed E-state index contributed by atoms with van der Waals surface area (Å²) < 4.78 is 5.38. The molecule has 5 heteroatoms. The molecule has 4 rings (SSSR count). The standard InChI is InChI=1S/C21H16N2O3/c1-12-6-5-7-14(10-12)20(24)23-17-11-13(2)18-19(22-17)15-8-3-4-9-16(15)26-21(18)25/h3-11H,1-2H3,(H,22,23,24). The minimum atomic E-state index is -0.430. The summed E-state index contributed by atoms with van der Waals surface area (Å²) in [7, 11) is 0. The molecule has 0 saturated heterocycles.